The van der Waals surface area contributed by atoms with E-state index in [1.807, 2.05) is 0 Å². The molecular weight excluding hydrogens is 335 g/mol. The molecule has 3 aliphatic heterocycles. The number of aliphatic hydroxyl groups is 2. The molecule has 0 radical (unpaired) electrons. The fourth-order valence-corrected chi connectivity index (χ4v) is 2.91. The molecule has 0 aromatic heterocycles. The summed E-state index contributed by atoms with van der Waals surface area (Å²) in [5.41, 5.74) is 0. The number of hydrogen-bond acceptors (Lipinski definition) is 11. The van der Waals surface area contributed by atoms with Crippen molar-refractivity contribution in [1.82, 2.24) is 10.2 Å². The number of carbonyl (C=O) groups excluding carboxylic acids is 1. The van der Waals surface area contributed by atoms with Crippen molar-refractivity contribution < 1.29 is 38.6 Å². The molecule has 1 saturated heterocycles. The molecule has 23 heavy (non-hydrogen) atoms. The van der Waals surface area contributed by atoms with E-state index < -0.39 is 51.2 Å². The van der Waals surface area contributed by atoms with E-state index in [2.05, 4.69) is 19.8 Å². The maximum absolute atomic E-state index is 11.6. The molecule has 3 N–H and O–H groups in total. The van der Waals surface area contributed by atoms with Gasteiger partial charge >= 0.3 is 0 Å². The molecule has 0 aromatic rings. The summed E-state index contributed by atoms with van der Waals surface area (Å²) >= 11 is 0. The predicted octanol–water partition coefficient (Wildman–Crippen LogP) is -4.52. The van der Waals surface area contributed by atoms with Crippen LogP contribution in [0.5, 0.6) is 0 Å². The molecular formula is C10H13N4O8P-2. The summed E-state index contributed by atoms with van der Waals surface area (Å²) < 4.78 is 19.9. The summed E-state index contributed by atoms with van der Waals surface area (Å²) in [6.07, 6.45) is -3.59. The van der Waals surface area contributed by atoms with Crippen LogP contribution in [0.15, 0.2) is 9.98 Å². The van der Waals surface area contributed by atoms with Gasteiger partial charge in [0.2, 0.25) is 0 Å². The second kappa shape index (κ2) is 5.91. The van der Waals surface area contributed by atoms with Crippen molar-refractivity contribution in [2.75, 3.05) is 6.61 Å². The maximum Gasteiger partial charge on any atom is 0.254 e. The molecule has 0 aliphatic carbocycles. The van der Waals surface area contributed by atoms with Crippen molar-refractivity contribution in [2.45, 2.75) is 36.7 Å². The first kappa shape index (κ1) is 16.5. The Morgan fingerprint density at radius 1 is 1.39 bits per heavy atom. The molecule has 6 unspecified atom stereocenters. The topological polar surface area (TPSA) is 179 Å². The standard InChI is InChI=1S/C10H15N4O8P/c15-6-4(1-21-23(18,19)20)22-10(7(6)16)14-3-13-5-8(14)11-2-12-9(5)17/h2-8,10,15-16H,1H2,(H,11,12,17)(H2,18,19,20)/p-2. The third-order valence-corrected chi connectivity index (χ3v) is 4.14. The number of hydrogen-bond donors (Lipinski definition) is 3. The molecule has 0 bridgehead atoms. The average Bonchev–Trinajstić information content (AvgIpc) is 3.01. The number of ether oxygens (including phenoxy) is 1. The summed E-state index contributed by atoms with van der Waals surface area (Å²) in [6.45, 7) is -0.734. The van der Waals surface area contributed by atoms with Crippen LogP contribution >= 0.6 is 7.82 Å². The van der Waals surface area contributed by atoms with Crippen LogP contribution in [0.2, 0.25) is 0 Å². The van der Waals surface area contributed by atoms with Crippen LogP contribution in [0, 0.1) is 0 Å². The monoisotopic (exact) mass is 348 g/mol. The molecule has 0 spiro atoms. The molecule has 0 saturated carbocycles. The van der Waals surface area contributed by atoms with Gasteiger partial charge in [-0.1, -0.05) is 0 Å². The fraction of sp³-hybridized carbons (Fsp3) is 0.700. The number of aliphatic imine (C=N–C) groups is 2. The Kier molecular flexibility index (Phi) is 4.23. The van der Waals surface area contributed by atoms with Crippen LogP contribution in [-0.2, 0) is 18.6 Å². The normalized spacial score (nSPS) is 39.7. The van der Waals surface area contributed by atoms with Crippen molar-refractivity contribution in [3.8, 4) is 0 Å². The Morgan fingerprint density at radius 3 is 2.83 bits per heavy atom. The van der Waals surface area contributed by atoms with Crippen molar-refractivity contribution in [3.05, 3.63) is 0 Å². The first-order valence-corrected chi connectivity index (χ1v) is 8.05. The highest BCUT2D eigenvalue weighted by atomic mass is 31.2. The van der Waals surface area contributed by atoms with Crippen molar-refractivity contribution in [2.24, 2.45) is 9.98 Å². The van der Waals surface area contributed by atoms with Crippen LogP contribution in [0.3, 0.4) is 0 Å². The summed E-state index contributed by atoms with van der Waals surface area (Å²) in [7, 11) is -5.23. The summed E-state index contributed by atoms with van der Waals surface area (Å²) in [5.74, 6) is -0.379. The van der Waals surface area contributed by atoms with Crippen LogP contribution in [0.1, 0.15) is 0 Å². The lowest BCUT2D eigenvalue weighted by Gasteiger charge is -2.32. The van der Waals surface area contributed by atoms with Gasteiger partial charge in [-0.25, -0.2) is 4.99 Å². The van der Waals surface area contributed by atoms with Crippen molar-refractivity contribution >= 4 is 26.4 Å². The van der Waals surface area contributed by atoms with E-state index in [4.69, 9.17) is 4.74 Å². The van der Waals surface area contributed by atoms with Gasteiger partial charge in [0.1, 0.15) is 18.3 Å². The molecule has 1 amide bonds. The molecule has 0 aromatic carbocycles. The zero-order valence-corrected chi connectivity index (χ0v) is 12.4. The van der Waals surface area contributed by atoms with E-state index in [9.17, 15) is 29.4 Å². The smallest absolute Gasteiger partial charge is 0.254 e. The number of carbonyl (C=O) groups is 1. The number of nitrogens with zero attached hydrogens (tertiary/aromatic N) is 3. The zero-order valence-electron chi connectivity index (χ0n) is 11.5. The van der Waals surface area contributed by atoms with E-state index in [1.165, 1.54) is 17.6 Å². The quantitative estimate of drug-likeness (QED) is 0.422. The van der Waals surface area contributed by atoms with Gasteiger partial charge in [0.25, 0.3) is 5.91 Å². The van der Waals surface area contributed by atoms with Gasteiger partial charge in [-0.15, -0.1) is 0 Å². The number of nitrogens with one attached hydrogen (secondary N) is 1. The third-order valence-electron chi connectivity index (χ3n) is 3.68. The average molecular weight is 348 g/mol. The SMILES string of the molecule is O=C1NC=NC2C1N=CN2C1OC(COP(=O)([O-])[O-])C(O)C1O. The highest BCUT2D eigenvalue weighted by Crippen LogP contribution is 2.32. The molecule has 3 heterocycles. The van der Waals surface area contributed by atoms with Crippen LogP contribution in [0.25, 0.3) is 0 Å². The number of phosphoric acid groups is 1. The van der Waals surface area contributed by atoms with E-state index in [1.54, 1.807) is 0 Å². The first-order valence-electron chi connectivity index (χ1n) is 6.59. The van der Waals surface area contributed by atoms with Crippen LogP contribution < -0.4 is 15.1 Å². The van der Waals surface area contributed by atoms with E-state index >= 15 is 0 Å². The number of phosphoric ester groups is 1. The summed E-state index contributed by atoms with van der Waals surface area (Å²) in [6, 6.07) is -0.813. The fourth-order valence-electron chi connectivity index (χ4n) is 2.58. The minimum absolute atomic E-state index is 0.379. The lowest BCUT2D eigenvalue weighted by molar-refractivity contribution is -0.343. The largest absolute Gasteiger partial charge is 0.790 e. The van der Waals surface area contributed by atoms with E-state index in [0.29, 0.717) is 0 Å². The lowest BCUT2D eigenvalue weighted by atomic mass is 10.1. The zero-order chi connectivity index (χ0) is 16.8. The molecule has 6 atom stereocenters. The van der Waals surface area contributed by atoms with E-state index in [-0.39, 0.29) is 5.91 Å². The summed E-state index contributed by atoms with van der Waals surface area (Å²) in [4.78, 5) is 42.0. The second-order valence-electron chi connectivity index (χ2n) is 5.15. The lowest BCUT2D eigenvalue weighted by Crippen LogP contribution is -2.53. The molecule has 3 rings (SSSR count). The molecule has 13 heteroatoms. The minimum Gasteiger partial charge on any atom is -0.790 e. The highest BCUT2D eigenvalue weighted by Gasteiger charge is 2.50. The van der Waals surface area contributed by atoms with Gasteiger partial charge in [0.15, 0.2) is 18.4 Å². The van der Waals surface area contributed by atoms with Gasteiger partial charge in [0, 0.05) is 0 Å². The number of rotatable bonds is 4. The number of amides is 1. The van der Waals surface area contributed by atoms with Crippen molar-refractivity contribution in [1.29, 1.82) is 0 Å². The second-order valence-corrected chi connectivity index (χ2v) is 6.30. The van der Waals surface area contributed by atoms with Crippen molar-refractivity contribution in [3.63, 3.8) is 0 Å². The molecule has 12 nitrogen and oxygen atoms in total. The first-order chi connectivity index (χ1) is 10.8. The van der Waals surface area contributed by atoms with Gasteiger partial charge in [-0.05, 0) is 0 Å². The van der Waals surface area contributed by atoms with Gasteiger partial charge in [0.05, 0.1) is 27.1 Å². The van der Waals surface area contributed by atoms with Crippen LogP contribution in [0.4, 0.5) is 0 Å². The van der Waals surface area contributed by atoms with Gasteiger partial charge in [-0.3, -0.25) is 9.79 Å². The molecule has 3 aliphatic rings. The third kappa shape index (κ3) is 3.15. The van der Waals surface area contributed by atoms with E-state index in [0.717, 1.165) is 0 Å². The number of aliphatic hydroxyl groups excluding tert-OH is 2. The molecule has 128 valence electrons. The molecule has 1 fully saturated rings. The van der Waals surface area contributed by atoms with Gasteiger partial charge < -0.3 is 44.0 Å². The number of fused-ring (bicyclic) bond motifs is 1. The van der Waals surface area contributed by atoms with Crippen LogP contribution in [-0.4, -0.2) is 77.1 Å². The Labute approximate surface area is 129 Å². The Bertz CT molecular complexity index is 593. The Morgan fingerprint density at radius 2 is 2.13 bits per heavy atom. The predicted molar refractivity (Wildman–Crippen MR) is 68.8 cm³/mol. The summed E-state index contributed by atoms with van der Waals surface area (Å²) in [5, 5.41) is 22.3. The Hall–Kier alpha value is -1.40. The Balaban J connectivity index is 1.70. The van der Waals surface area contributed by atoms with Gasteiger partial charge in [-0.2, -0.15) is 0 Å². The minimum atomic E-state index is -5.23. The maximum atomic E-state index is 11.6. The highest BCUT2D eigenvalue weighted by molar-refractivity contribution is 7.43.